The average Bonchev–Trinajstić information content (AvgIpc) is 2.88. The molecule has 0 unspecified atom stereocenters. The third kappa shape index (κ3) is 4.49. The van der Waals surface area contributed by atoms with Gasteiger partial charge in [-0.15, -0.1) is 0 Å². The van der Waals surface area contributed by atoms with Gasteiger partial charge in [-0.2, -0.15) is 0 Å². The molecule has 4 nitrogen and oxygen atoms in total. The summed E-state index contributed by atoms with van der Waals surface area (Å²) in [6.07, 6.45) is 0. The van der Waals surface area contributed by atoms with E-state index in [9.17, 15) is 14.3 Å². The monoisotopic (exact) mass is 463 g/mol. The summed E-state index contributed by atoms with van der Waals surface area (Å²) in [6, 6.07) is 29.6. The number of carboxylic acid groups (broad SMARTS) is 1. The third-order valence-electron chi connectivity index (χ3n) is 5.98. The summed E-state index contributed by atoms with van der Waals surface area (Å²) < 4.78 is 20.1. The minimum absolute atomic E-state index is 0.0448. The maximum atomic E-state index is 13.9. The number of aromatic nitrogens is 1. The summed E-state index contributed by atoms with van der Waals surface area (Å²) in [5.41, 5.74) is 5.14. The van der Waals surface area contributed by atoms with E-state index in [0.29, 0.717) is 29.1 Å². The smallest absolute Gasteiger partial charge is 0.336 e. The van der Waals surface area contributed by atoms with Gasteiger partial charge in [-0.05, 0) is 53.9 Å². The van der Waals surface area contributed by atoms with Crippen LogP contribution in [0.1, 0.15) is 21.5 Å². The minimum Gasteiger partial charge on any atom is -0.488 e. The molecule has 0 atom stereocenters. The number of halogens is 1. The molecule has 35 heavy (non-hydrogen) atoms. The van der Waals surface area contributed by atoms with Crippen molar-refractivity contribution >= 4 is 16.9 Å². The van der Waals surface area contributed by atoms with Crippen LogP contribution in [0.4, 0.5) is 4.39 Å². The fourth-order valence-electron chi connectivity index (χ4n) is 4.27. The highest BCUT2D eigenvalue weighted by atomic mass is 19.1. The molecule has 0 aliphatic carbocycles. The second-order valence-corrected chi connectivity index (χ2v) is 8.28. The first-order valence-corrected chi connectivity index (χ1v) is 11.2. The SMILES string of the molecule is Cc1c(-c2ccc(-c3ccccc3)c(OCc3ccccc3)c2)nc2ccc(F)cc2c1C(=O)O. The molecule has 0 aliphatic rings. The zero-order valence-electron chi connectivity index (χ0n) is 19.0. The Morgan fingerprint density at radius 1 is 0.886 bits per heavy atom. The zero-order valence-corrected chi connectivity index (χ0v) is 19.0. The van der Waals surface area contributed by atoms with Gasteiger partial charge in [-0.25, -0.2) is 14.2 Å². The van der Waals surface area contributed by atoms with Crippen molar-refractivity contribution in [3.05, 3.63) is 120 Å². The molecular formula is C30H22FNO3. The predicted octanol–water partition coefficient (Wildman–Crippen LogP) is 7.29. The molecule has 0 saturated heterocycles. The Labute approximate surface area is 202 Å². The van der Waals surface area contributed by atoms with Gasteiger partial charge in [0, 0.05) is 16.5 Å². The molecule has 0 fully saturated rings. The molecule has 0 aliphatic heterocycles. The van der Waals surface area contributed by atoms with Gasteiger partial charge >= 0.3 is 5.97 Å². The summed E-state index contributed by atoms with van der Waals surface area (Å²) in [5, 5.41) is 10.2. The van der Waals surface area contributed by atoms with Crippen molar-refractivity contribution < 1.29 is 19.0 Å². The Morgan fingerprint density at radius 3 is 2.31 bits per heavy atom. The molecule has 0 amide bonds. The van der Waals surface area contributed by atoms with Gasteiger partial charge < -0.3 is 9.84 Å². The highest BCUT2D eigenvalue weighted by Gasteiger charge is 2.20. The number of hydrogen-bond acceptors (Lipinski definition) is 3. The first-order chi connectivity index (χ1) is 17.0. The van der Waals surface area contributed by atoms with Crippen LogP contribution >= 0.6 is 0 Å². The molecule has 5 rings (SSSR count). The topological polar surface area (TPSA) is 59.4 Å². The van der Waals surface area contributed by atoms with Crippen molar-refractivity contribution in [3.8, 4) is 28.1 Å². The third-order valence-corrected chi connectivity index (χ3v) is 5.98. The Bertz CT molecular complexity index is 1530. The van der Waals surface area contributed by atoms with E-state index in [1.54, 1.807) is 6.92 Å². The van der Waals surface area contributed by atoms with Gasteiger partial charge in [0.15, 0.2) is 0 Å². The Balaban J connectivity index is 1.66. The molecule has 1 aromatic heterocycles. The van der Waals surface area contributed by atoms with Gasteiger partial charge in [0.05, 0.1) is 16.8 Å². The lowest BCUT2D eigenvalue weighted by atomic mass is 9.95. The number of fused-ring (bicyclic) bond motifs is 1. The number of carbonyl (C=O) groups is 1. The molecule has 0 bridgehead atoms. The van der Waals surface area contributed by atoms with E-state index in [-0.39, 0.29) is 10.9 Å². The largest absolute Gasteiger partial charge is 0.488 e. The summed E-state index contributed by atoms with van der Waals surface area (Å²) in [6.45, 7) is 2.08. The van der Waals surface area contributed by atoms with Crippen LogP contribution in [0.25, 0.3) is 33.3 Å². The van der Waals surface area contributed by atoms with Crippen LogP contribution in [0.15, 0.2) is 97.1 Å². The van der Waals surface area contributed by atoms with E-state index in [0.717, 1.165) is 22.3 Å². The first-order valence-electron chi connectivity index (χ1n) is 11.2. The van der Waals surface area contributed by atoms with Crippen LogP contribution < -0.4 is 4.74 Å². The molecule has 5 aromatic rings. The van der Waals surface area contributed by atoms with Crippen LogP contribution in [-0.2, 0) is 6.61 Å². The van der Waals surface area contributed by atoms with Crippen molar-refractivity contribution in [1.82, 2.24) is 4.98 Å². The van der Waals surface area contributed by atoms with Crippen LogP contribution in [-0.4, -0.2) is 16.1 Å². The van der Waals surface area contributed by atoms with Gasteiger partial charge in [0.1, 0.15) is 18.2 Å². The summed E-state index contributed by atoms with van der Waals surface area (Å²) in [5.74, 6) is -0.962. The zero-order chi connectivity index (χ0) is 24.4. The maximum absolute atomic E-state index is 13.9. The van der Waals surface area contributed by atoms with Gasteiger partial charge in [-0.3, -0.25) is 0 Å². The molecule has 0 spiro atoms. The number of ether oxygens (including phenoxy) is 1. The van der Waals surface area contributed by atoms with Crippen molar-refractivity contribution in [2.45, 2.75) is 13.5 Å². The predicted molar refractivity (Wildman–Crippen MR) is 135 cm³/mol. The van der Waals surface area contributed by atoms with E-state index in [4.69, 9.17) is 9.72 Å². The summed E-state index contributed by atoms with van der Waals surface area (Å²) in [4.78, 5) is 16.8. The highest BCUT2D eigenvalue weighted by Crippen LogP contribution is 2.37. The van der Waals surface area contributed by atoms with Gasteiger partial charge in [-0.1, -0.05) is 66.7 Å². The number of benzene rings is 4. The number of carboxylic acids is 1. The Morgan fingerprint density at radius 2 is 1.60 bits per heavy atom. The number of aromatic carboxylic acids is 1. The first kappa shape index (κ1) is 22.3. The van der Waals surface area contributed by atoms with E-state index in [2.05, 4.69) is 0 Å². The number of pyridine rings is 1. The molecular weight excluding hydrogens is 441 g/mol. The fraction of sp³-hybridized carbons (Fsp3) is 0.0667. The lowest BCUT2D eigenvalue weighted by molar-refractivity contribution is 0.0698. The Hall–Kier alpha value is -4.51. The minimum atomic E-state index is -1.12. The Kier molecular flexibility index (Phi) is 5.98. The number of hydrogen-bond donors (Lipinski definition) is 1. The molecule has 1 N–H and O–H groups in total. The molecule has 0 radical (unpaired) electrons. The highest BCUT2D eigenvalue weighted by molar-refractivity contribution is 6.05. The van der Waals surface area contributed by atoms with E-state index >= 15 is 0 Å². The van der Waals surface area contributed by atoms with Crippen LogP contribution in [0, 0.1) is 12.7 Å². The summed E-state index contributed by atoms with van der Waals surface area (Å²) in [7, 11) is 0. The van der Waals surface area contributed by atoms with Crippen molar-refractivity contribution in [1.29, 1.82) is 0 Å². The quantitative estimate of drug-likeness (QED) is 0.287. The maximum Gasteiger partial charge on any atom is 0.336 e. The molecule has 172 valence electrons. The van der Waals surface area contributed by atoms with Crippen LogP contribution in [0.5, 0.6) is 5.75 Å². The van der Waals surface area contributed by atoms with Crippen molar-refractivity contribution in [3.63, 3.8) is 0 Å². The molecule has 4 aromatic carbocycles. The van der Waals surface area contributed by atoms with Crippen LogP contribution in [0.3, 0.4) is 0 Å². The standard InChI is InChI=1S/C30H22FNO3/c1-19-28(30(33)34)25-17-23(31)13-15-26(25)32-29(19)22-12-14-24(21-10-6-3-7-11-21)27(16-22)35-18-20-8-4-2-5-9-20/h2-17H,18H2,1H3,(H,33,34). The number of rotatable bonds is 6. The second-order valence-electron chi connectivity index (χ2n) is 8.28. The van der Waals surface area contributed by atoms with Gasteiger partial charge in [0.25, 0.3) is 0 Å². The normalized spacial score (nSPS) is 10.9. The number of nitrogens with zero attached hydrogens (tertiary/aromatic N) is 1. The lowest BCUT2D eigenvalue weighted by Gasteiger charge is -2.16. The van der Waals surface area contributed by atoms with E-state index in [1.165, 1.54) is 18.2 Å². The second kappa shape index (κ2) is 9.39. The molecule has 1 heterocycles. The lowest BCUT2D eigenvalue weighted by Crippen LogP contribution is -2.05. The van der Waals surface area contributed by atoms with Crippen LogP contribution in [0.2, 0.25) is 0 Å². The molecule has 0 saturated carbocycles. The fourth-order valence-corrected chi connectivity index (χ4v) is 4.27. The summed E-state index contributed by atoms with van der Waals surface area (Å²) >= 11 is 0. The molecule has 5 heteroatoms. The van der Waals surface area contributed by atoms with Crippen molar-refractivity contribution in [2.24, 2.45) is 0 Å². The van der Waals surface area contributed by atoms with E-state index < -0.39 is 11.8 Å². The van der Waals surface area contributed by atoms with Gasteiger partial charge in [0.2, 0.25) is 0 Å². The average molecular weight is 464 g/mol. The van der Waals surface area contributed by atoms with E-state index in [1.807, 2.05) is 78.9 Å². The van der Waals surface area contributed by atoms with Crippen molar-refractivity contribution in [2.75, 3.05) is 0 Å².